The van der Waals surface area contributed by atoms with E-state index in [1.54, 1.807) is 18.2 Å². The average molecular weight is 495 g/mol. The molecule has 31 heavy (non-hydrogen) atoms. The Hall–Kier alpha value is -3.34. The van der Waals surface area contributed by atoms with Crippen LogP contribution in [0.15, 0.2) is 46.9 Å². The highest BCUT2D eigenvalue weighted by molar-refractivity contribution is 9.10. The molecule has 0 saturated heterocycles. The van der Waals surface area contributed by atoms with Crippen LogP contribution < -0.4 is 10.1 Å². The van der Waals surface area contributed by atoms with Gasteiger partial charge in [0.05, 0.1) is 26.8 Å². The van der Waals surface area contributed by atoms with Crippen LogP contribution >= 0.6 is 15.9 Å². The first-order valence-electron chi connectivity index (χ1n) is 8.99. The van der Waals surface area contributed by atoms with E-state index in [0.29, 0.717) is 11.4 Å². The lowest BCUT2D eigenvalue weighted by Gasteiger charge is -2.10. The molecule has 11 heteroatoms. The molecule has 1 heterocycles. The lowest BCUT2D eigenvalue weighted by molar-refractivity contribution is -0.384. The minimum Gasteiger partial charge on any atom is -0.457 e. The van der Waals surface area contributed by atoms with E-state index in [1.807, 2.05) is 13.0 Å². The molecule has 0 bridgehead atoms. The number of anilines is 1. The van der Waals surface area contributed by atoms with Crippen molar-refractivity contribution in [2.24, 2.45) is 0 Å². The minimum absolute atomic E-state index is 0.125. The van der Waals surface area contributed by atoms with Gasteiger partial charge in [-0.15, -0.1) is 0 Å². The van der Waals surface area contributed by atoms with E-state index >= 15 is 0 Å². The van der Waals surface area contributed by atoms with E-state index in [2.05, 4.69) is 26.3 Å². The Kier molecular flexibility index (Phi) is 6.64. The molecule has 3 aromatic rings. The first kappa shape index (κ1) is 22.3. The molecule has 8 nitrogen and oxygen atoms in total. The van der Waals surface area contributed by atoms with Gasteiger partial charge in [0.1, 0.15) is 23.7 Å². The number of alkyl halides is 2. The van der Waals surface area contributed by atoms with Gasteiger partial charge in [-0.3, -0.25) is 19.6 Å². The summed E-state index contributed by atoms with van der Waals surface area (Å²) in [5.74, 6) is 0.0448. The summed E-state index contributed by atoms with van der Waals surface area (Å²) in [4.78, 5) is 23.1. The second kappa shape index (κ2) is 9.21. The molecule has 0 unspecified atom stereocenters. The maximum atomic E-state index is 13.0. The van der Waals surface area contributed by atoms with Crippen molar-refractivity contribution in [2.75, 3.05) is 5.32 Å². The van der Waals surface area contributed by atoms with Crippen LogP contribution in [0.2, 0.25) is 0 Å². The van der Waals surface area contributed by atoms with Crippen molar-refractivity contribution in [1.29, 1.82) is 0 Å². The predicted octanol–water partition coefficient (Wildman–Crippen LogP) is 5.54. The van der Waals surface area contributed by atoms with Gasteiger partial charge in [-0.25, -0.2) is 8.78 Å². The monoisotopic (exact) mass is 494 g/mol. The number of benzene rings is 2. The highest BCUT2D eigenvalue weighted by atomic mass is 79.9. The lowest BCUT2D eigenvalue weighted by atomic mass is 10.2. The number of carbonyl (C=O) groups excluding carboxylic acids is 1. The van der Waals surface area contributed by atoms with Gasteiger partial charge in [-0.1, -0.05) is 12.1 Å². The molecule has 1 aromatic heterocycles. The number of nitro benzene ring substituents is 1. The van der Waals surface area contributed by atoms with E-state index in [9.17, 15) is 23.7 Å². The van der Waals surface area contributed by atoms with Crippen LogP contribution in [0.3, 0.4) is 0 Å². The second-order valence-electron chi connectivity index (χ2n) is 6.68. The number of aromatic nitrogens is 2. The third kappa shape index (κ3) is 5.43. The number of ether oxygens (including phenoxy) is 1. The SMILES string of the molecule is Cc1cccc(Oc2cc(NC(=O)Cn3nc(C(F)F)c(Br)c3C)cc([N+](=O)[O-])c2)c1. The topological polar surface area (TPSA) is 99.3 Å². The number of hydrogen-bond acceptors (Lipinski definition) is 5. The zero-order chi connectivity index (χ0) is 22.7. The van der Waals surface area contributed by atoms with Crippen LogP contribution in [0.25, 0.3) is 0 Å². The minimum atomic E-state index is -2.80. The molecule has 0 aliphatic carbocycles. The maximum Gasteiger partial charge on any atom is 0.283 e. The van der Waals surface area contributed by atoms with E-state index in [-0.39, 0.29) is 28.1 Å². The van der Waals surface area contributed by atoms with Gasteiger partial charge in [-0.2, -0.15) is 5.10 Å². The molecule has 0 aliphatic rings. The van der Waals surface area contributed by atoms with E-state index in [4.69, 9.17) is 4.74 Å². The Morgan fingerprint density at radius 3 is 2.61 bits per heavy atom. The molecule has 1 amide bonds. The molecule has 162 valence electrons. The van der Waals surface area contributed by atoms with Crippen molar-refractivity contribution in [3.63, 3.8) is 0 Å². The Morgan fingerprint density at radius 2 is 2.00 bits per heavy atom. The highest BCUT2D eigenvalue weighted by Crippen LogP contribution is 2.31. The number of carbonyl (C=O) groups is 1. The molecule has 0 aliphatic heterocycles. The summed E-state index contributed by atoms with van der Waals surface area (Å²) >= 11 is 3.04. The molecule has 0 radical (unpaired) electrons. The maximum absolute atomic E-state index is 13.0. The van der Waals surface area contributed by atoms with Gasteiger partial charge in [0.2, 0.25) is 5.91 Å². The Morgan fingerprint density at radius 1 is 1.26 bits per heavy atom. The van der Waals surface area contributed by atoms with Gasteiger partial charge in [0.15, 0.2) is 0 Å². The second-order valence-corrected chi connectivity index (χ2v) is 7.48. The van der Waals surface area contributed by atoms with Crippen LogP contribution in [0.4, 0.5) is 20.2 Å². The summed E-state index contributed by atoms with van der Waals surface area (Å²) in [5.41, 5.74) is 0.682. The average Bonchev–Trinajstić information content (AvgIpc) is 2.96. The van der Waals surface area contributed by atoms with Crippen LogP contribution in [0.1, 0.15) is 23.4 Å². The zero-order valence-electron chi connectivity index (χ0n) is 16.4. The van der Waals surface area contributed by atoms with Crippen LogP contribution in [0.5, 0.6) is 11.5 Å². The summed E-state index contributed by atoms with van der Waals surface area (Å²) < 4.78 is 32.9. The van der Waals surface area contributed by atoms with E-state index in [0.717, 1.165) is 10.2 Å². The Balaban J connectivity index is 1.82. The fourth-order valence-electron chi connectivity index (χ4n) is 2.81. The first-order chi connectivity index (χ1) is 14.6. The lowest BCUT2D eigenvalue weighted by Crippen LogP contribution is -2.20. The molecule has 3 rings (SSSR count). The number of halogens is 3. The Bertz CT molecular complexity index is 1150. The van der Waals surface area contributed by atoms with Crippen LogP contribution in [-0.4, -0.2) is 20.6 Å². The predicted molar refractivity (Wildman–Crippen MR) is 113 cm³/mol. The molecule has 2 aromatic carbocycles. The van der Waals surface area contributed by atoms with E-state index < -0.39 is 22.9 Å². The number of aryl methyl sites for hydroxylation is 1. The van der Waals surface area contributed by atoms with Gasteiger partial charge < -0.3 is 10.1 Å². The number of nitrogens with one attached hydrogen (secondary N) is 1. The quantitative estimate of drug-likeness (QED) is 0.343. The fourth-order valence-corrected chi connectivity index (χ4v) is 3.27. The number of non-ortho nitro benzene ring substituents is 1. The zero-order valence-corrected chi connectivity index (χ0v) is 18.0. The summed E-state index contributed by atoms with van der Waals surface area (Å²) in [6.07, 6.45) is -2.80. The largest absolute Gasteiger partial charge is 0.457 e. The van der Waals surface area contributed by atoms with Crippen molar-refractivity contribution in [3.8, 4) is 11.5 Å². The first-order valence-corrected chi connectivity index (χ1v) is 9.78. The normalized spacial score (nSPS) is 10.9. The number of amides is 1. The van der Waals surface area contributed by atoms with Crippen molar-refractivity contribution in [1.82, 2.24) is 9.78 Å². The van der Waals surface area contributed by atoms with Crippen molar-refractivity contribution < 1.29 is 23.2 Å². The number of rotatable bonds is 7. The molecule has 1 N–H and O–H groups in total. The van der Waals surface area contributed by atoms with Crippen LogP contribution in [0, 0.1) is 24.0 Å². The van der Waals surface area contributed by atoms with Gasteiger partial charge in [-0.05, 0) is 47.5 Å². The molecule has 0 spiro atoms. The third-order valence-corrected chi connectivity index (χ3v) is 5.25. The molecule has 0 atom stereocenters. The van der Waals surface area contributed by atoms with Gasteiger partial charge in [0, 0.05) is 12.1 Å². The van der Waals surface area contributed by atoms with Crippen molar-refractivity contribution in [2.45, 2.75) is 26.8 Å². The number of nitrogens with zero attached hydrogens (tertiary/aromatic N) is 3. The number of hydrogen-bond donors (Lipinski definition) is 1. The molecule has 0 saturated carbocycles. The van der Waals surface area contributed by atoms with Crippen LogP contribution in [-0.2, 0) is 11.3 Å². The fraction of sp³-hybridized carbons (Fsp3) is 0.200. The van der Waals surface area contributed by atoms with Crippen molar-refractivity contribution in [3.05, 3.63) is 74.0 Å². The van der Waals surface area contributed by atoms with Gasteiger partial charge >= 0.3 is 0 Å². The highest BCUT2D eigenvalue weighted by Gasteiger charge is 2.21. The summed E-state index contributed by atoms with van der Waals surface area (Å²) in [6, 6.07) is 11.0. The summed E-state index contributed by atoms with van der Waals surface area (Å²) in [7, 11) is 0. The van der Waals surface area contributed by atoms with E-state index in [1.165, 1.54) is 25.1 Å². The standard InChI is InChI=1S/C20H17BrF2N4O4/c1-11-4-3-5-15(6-11)31-16-8-13(7-14(9-16)27(29)30)24-17(28)10-26-12(2)18(21)19(25-26)20(22)23/h3-9,20H,10H2,1-2H3,(H,24,28). The van der Waals surface area contributed by atoms with Gasteiger partial charge in [0.25, 0.3) is 12.1 Å². The molecule has 0 fully saturated rings. The smallest absolute Gasteiger partial charge is 0.283 e. The summed E-state index contributed by atoms with van der Waals surface area (Å²) in [5, 5.41) is 17.5. The molecular formula is C20H17BrF2N4O4. The number of nitro groups is 1. The Labute approximate surface area is 184 Å². The third-order valence-electron chi connectivity index (χ3n) is 4.27. The molecular weight excluding hydrogens is 478 g/mol. The van der Waals surface area contributed by atoms with Crippen molar-refractivity contribution >= 4 is 33.2 Å². The summed E-state index contributed by atoms with van der Waals surface area (Å²) in [6.45, 7) is 3.06.